The van der Waals surface area contributed by atoms with E-state index >= 15 is 0 Å². The van der Waals surface area contributed by atoms with Crippen molar-refractivity contribution in [3.8, 4) is 0 Å². The molecule has 0 aromatic carbocycles. The van der Waals surface area contributed by atoms with E-state index in [1.807, 2.05) is 13.8 Å². The summed E-state index contributed by atoms with van der Waals surface area (Å²) in [7, 11) is 0. The van der Waals surface area contributed by atoms with Crippen LogP contribution in [0.5, 0.6) is 0 Å². The van der Waals surface area contributed by atoms with Gasteiger partial charge in [-0.2, -0.15) is 0 Å². The van der Waals surface area contributed by atoms with Crippen molar-refractivity contribution in [2.75, 3.05) is 0 Å². The summed E-state index contributed by atoms with van der Waals surface area (Å²) in [6, 6.07) is 0. The summed E-state index contributed by atoms with van der Waals surface area (Å²) in [5.41, 5.74) is 1.26. The van der Waals surface area contributed by atoms with Crippen LogP contribution in [0.25, 0.3) is 0 Å². The lowest BCUT2D eigenvalue weighted by atomic mass is 9.48. The van der Waals surface area contributed by atoms with Gasteiger partial charge in [0.1, 0.15) is 18.4 Å². The molecule has 0 aromatic heterocycles. The van der Waals surface area contributed by atoms with E-state index < -0.39 is 18.4 Å². The zero-order chi connectivity index (χ0) is 19.2. The number of hydrogen-bond donors (Lipinski definition) is 0. The number of ether oxygens (including phenoxy) is 1. The number of rotatable bonds is 4. The summed E-state index contributed by atoms with van der Waals surface area (Å²) < 4.78 is 34.8. The van der Waals surface area contributed by atoms with Crippen molar-refractivity contribution in [2.24, 2.45) is 28.6 Å². The predicted octanol–water partition coefficient (Wildman–Crippen LogP) is 7.03. The second kappa shape index (κ2) is 7.58. The van der Waals surface area contributed by atoms with Crippen LogP contribution in [0.1, 0.15) is 97.8 Å². The summed E-state index contributed by atoms with van der Waals surface area (Å²) in [6.07, 6.45) is 11.4. The van der Waals surface area contributed by atoms with Crippen LogP contribution in [0.2, 0.25) is 0 Å². The molecule has 156 valence electrons. The summed E-state index contributed by atoms with van der Waals surface area (Å²) >= 11 is 0. The topological polar surface area (TPSA) is 9.23 Å². The lowest BCUT2D eigenvalue weighted by Gasteiger charge is -2.57. The van der Waals surface area contributed by atoms with Crippen LogP contribution in [0.15, 0.2) is 0 Å². The van der Waals surface area contributed by atoms with Crippen molar-refractivity contribution < 1.29 is 13.5 Å². The minimum Gasteiger partial charge on any atom is -0.369 e. The van der Waals surface area contributed by atoms with Gasteiger partial charge in [0.05, 0.1) is 6.10 Å². The molecule has 0 aromatic rings. The standard InChI is InChI=1S/C24H40F2O/c1-16(2)27-22-20(25)14-18(15-21(22)26)17-4-6-19(7-5-17)24-11-8-23(3,9-12-24)10-13-24/h16-22H,4-15H2,1-3H3. The highest BCUT2D eigenvalue weighted by molar-refractivity contribution is 5.02. The van der Waals surface area contributed by atoms with E-state index in [0.29, 0.717) is 29.6 Å². The van der Waals surface area contributed by atoms with Crippen molar-refractivity contribution in [1.82, 2.24) is 0 Å². The minimum absolute atomic E-state index is 0.106. The molecule has 2 unspecified atom stereocenters. The Morgan fingerprint density at radius 2 is 1.30 bits per heavy atom. The van der Waals surface area contributed by atoms with Crippen molar-refractivity contribution >= 4 is 0 Å². The summed E-state index contributed by atoms with van der Waals surface area (Å²) in [4.78, 5) is 0. The molecule has 2 atom stereocenters. The fourth-order valence-corrected chi connectivity index (χ4v) is 7.26. The molecule has 27 heavy (non-hydrogen) atoms. The molecule has 1 nitrogen and oxygen atoms in total. The molecule has 0 amide bonds. The first-order valence-corrected chi connectivity index (χ1v) is 11.7. The van der Waals surface area contributed by atoms with Gasteiger partial charge in [0.25, 0.3) is 0 Å². The third kappa shape index (κ3) is 3.96. The molecule has 5 fully saturated rings. The highest BCUT2D eigenvalue weighted by atomic mass is 19.1. The fourth-order valence-electron chi connectivity index (χ4n) is 7.26. The quantitative estimate of drug-likeness (QED) is 0.507. The van der Waals surface area contributed by atoms with E-state index in [2.05, 4.69) is 6.92 Å². The lowest BCUT2D eigenvalue weighted by molar-refractivity contribution is -0.113. The van der Waals surface area contributed by atoms with E-state index in [9.17, 15) is 8.78 Å². The second-order valence-corrected chi connectivity index (χ2v) is 11.2. The Balaban J connectivity index is 1.31. The molecule has 5 saturated carbocycles. The first-order chi connectivity index (χ1) is 12.8. The average molecular weight is 383 g/mol. The number of halogens is 2. The lowest BCUT2D eigenvalue weighted by Crippen LogP contribution is -2.47. The molecule has 0 spiro atoms. The van der Waals surface area contributed by atoms with Gasteiger partial charge in [-0.25, -0.2) is 8.78 Å². The van der Waals surface area contributed by atoms with E-state index in [1.54, 1.807) is 0 Å². The average Bonchev–Trinajstić information content (AvgIpc) is 2.65. The van der Waals surface area contributed by atoms with E-state index in [0.717, 1.165) is 5.92 Å². The normalized spacial score (nSPS) is 50.9. The number of hydrogen-bond acceptors (Lipinski definition) is 1. The van der Waals surface area contributed by atoms with Gasteiger partial charge in [-0.3, -0.25) is 0 Å². The third-order valence-electron chi connectivity index (χ3n) is 9.18. The maximum Gasteiger partial charge on any atom is 0.129 e. The molecule has 5 aliphatic carbocycles. The Hall–Kier alpha value is -0.180. The Morgan fingerprint density at radius 1 is 0.778 bits per heavy atom. The number of fused-ring (bicyclic) bond motifs is 3. The van der Waals surface area contributed by atoms with Crippen molar-refractivity contribution in [2.45, 2.75) is 122 Å². The summed E-state index contributed by atoms with van der Waals surface area (Å²) in [5, 5.41) is 0. The van der Waals surface area contributed by atoms with Crippen molar-refractivity contribution in [3.05, 3.63) is 0 Å². The van der Waals surface area contributed by atoms with E-state index in [4.69, 9.17) is 4.74 Å². The molecule has 3 heteroatoms. The molecule has 5 rings (SSSR count). The molecule has 5 aliphatic rings. The van der Waals surface area contributed by atoms with Gasteiger partial charge in [0.2, 0.25) is 0 Å². The first kappa shape index (κ1) is 20.1. The predicted molar refractivity (Wildman–Crippen MR) is 106 cm³/mol. The van der Waals surface area contributed by atoms with Crippen LogP contribution in [0, 0.1) is 28.6 Å². The minimum atomic E-state index is -1.13. The molecule has 2 bridgehead atoms. The van der Waals surface area contributed by atoms with Crippen LogP contribution >= 0.6 is 0 Å². The zero-order valence-electron chi connectivity index (χ0n) is 17.7. The van der Waals surface area contributed by atoms with Gasteiger partial charge in [0.15, 0.2) is 0 Å². The Kier molecular flexibility index (Phi) is 5.64. The van der Waals surface area contributed by atoms with Crippen LogP contribution in [-0.4, -0.2) is 24.6 Å². The van der Waals surface area contributed by atoms with E-state index in [1.165, 1.54) is 64.2 Å². The Bertz CT molecular complexity index is 474. The zero-order valence-corrected chi connectivity index (χ0v) is 17.7. The van der Waals surface area contributed by atoms with Crippen molar-refractivity contribution in [3.63, 3.8) is 0 Å². The summed E-state index contributed by atoms with van der Waals surface area (Å²) in [6.45, 7) is 6.23. The SMILES string of the molecule is CC(C)OC1C(F)CC(C2CCC(C34CCC(C)(CC3)CC4)CC2)CC1F. The molecule has 0 saturated heterocycles. The highest BCUT2D eigenvalue weighted by Gasteiger charge is 2.51. The monoisotopic (exact) mass is 382 g/mol. The maximum absolute atomic E-state index is 14.6. The van der Waals surface area contributed by atoms with Gasteiger partial charge < -0.3 is 4.74 Å². The highest BCUT2D eigenvalue weighted by Crippen LogP contribution is 2.62. The first-order valence-electron chi connectivity index (χ1n) is 11.7. The summed E-state index contributed by atoms with van der Waals surface area (Å²) in [5.74, 6) is 1.63. The number of alkyl halides is 2. The molecule has 0 N–H and O–H groups in total. The molecule has 0 heterocycles. The van der Waals surface area contributed by atoms with Gasteiger partial charge >= 0.3 is 0 Å². The molecule has 0 radical (unpaired) electrons. The molecule has 0 aliphatic heterocycles. The van der Waals surface area contributed by atoms with Crippen LogP contribution in [0.3, 0.4) is 0 Å². The van der Waals surface area contributed by atoms with Crippen LogP contribution in [-0.2, 0) is 4.74 Å². The van der Waals surface area contributed by atoms with Gasteiger partial charge in [-0.1, -0.05) is 6.92 Å². The van der Waals surface area contributed by atoms with Gasteiger partial charge in [-0.05, 0) is 119 Å². The Morgan fingerprint density at radius 3 is 1.78 bits per heavy atom. The van der Waals surface area contributed by atoms with Gasteiger partial charge in [-0.15, -0.1) is 0 Å². The smallest absolute Gasteiger partial charge is 0.129 e. The van der Waals surface area contributed by atoms with Crippen LogP contribution < -0.4 is 0 Å². The second-order valence-electron chi connectivity index (χ2n) is 11.2. The molecular formula is C24H40F2O. The Labute approximate surface area is 165 Å². The molecular weight excluding hydrogens is 342 g/mol. The van der Waals surface area contributed by atoms with E-state index in [-0.39, 0.29) is 12.0 Å². The van der Waals surface area contributed by atoms with Crippen molar-refractivity contribution in [1.29, 1.82) is 0 Å². The maximum atomic E-state index is 14.6. The largest absolute Gasteiger partial charge is 0.369 e. The van der Waals surface area contributed by atoms with Crippen LogP contribution in [0.4, 0.5) is 8.78 Å². The third-order valence-corrected chi connectivity index (χ3v) is 9.18. The fraction of sp³-hybridized carbons (Fsp3) is 1.00. The van der Waals surface area contributed by atoms with Gasteiger partial charge in [0, 0.05) is 0 Å².